The molecule has 1 N–H and O–H groups in total. The second-order valence-electron chi connectivity index (χ2n) is 4.18. The average Bonchev–Trinajstić information content (AvgIpc) is 2.18. The van der Waals surface area contributed by atoms with Gasteiger partial charge in [0.25, 0.3) is 0 Å². The molecule has 0 radical (unpaired) electrons. The van der Waals surface area contributed by atoms with Crippen molar-refractivity contribution in [2.24, 2.45) is 5.92 Å². The molecule has 1 heterocycles. The van der Waals surface area contributed by atoms with Gasteiger partial charge in [-0.05, 0) is 0 Å². The summed E-state index contributed by atoms with van der Waals surface area (Å²) in [4.78, 5) is 15.6. The first-order chi connectivity index (χ1) is 6.61. The van der Waals surface area contributed by atoms with Crippen molar-refractivity contribution in [1.82, 2.24) is 15.1 Å². The van der Waals surface area contributed by atoms with Crippen molar-refractivity contribution in [2.45, 2.75) is 6.92 Å². The summed E-state index contributed by atoms with van der Waals surface area (Å²) in [6.07, 6.45) is 0. The standard InChI is InChI=1S/C10H21N3O/c1-9(10(14)12(2)3)8-13-6-4-11-5-7-13/h9,11H,4-8H2,1-3H3. The van der Waals surface area contributed by atoms with Crippen LogP contribution in [0.15, 0.2) is 0 Å². The normalized spacial score (nSPS) is 20.5. The van der Waals surface area contributed by atoms with Gasteiger partial charge < -0.3 is 15.1 Å². The molecule has 1 atom stereocenters. The molecule has 1 aliphatic rings. The molecule has 0 spiro atoms. The summed E-state index contributed by atoms with van der Waals surface area (Å²) in [5, 5.41) is 3.30. The van der Waals surface area contributed by atoms with Crippen molar-refractivity contribution < 1.29 is 4.79 Å². The van der Waals surface area contributed by atoms with Gasteiger partial charge in [-0.15, -0.1) is 0 Å². The van der Waals surface area contributed by atoms with Crippen LogP contribution in [0.25, 0.3) is 0 Å². The fraction of sp³-hybridized carbons (Fsp3) is 0.900. The molecule has 1 saturated heterocycles. The van der Waals surface area contributed by atoms with Gasteiger partial charge in [0, 0.05) is 52.7 Å². The molecule has 0 saturated carbocycles. The van der Waals surface area contributed by atoms with E-state index in [9.17, 15) is 4.79 Å². The van der Waals surface area contributed by atoms with E-state index in [4.69, 9.17) is 0 Å². The van der Waals surface area contributed by atoms with Crippen LogP contribution in [0.4, 0.5) is 0 Å². The number of piperazine rings is 1. The van der Waals surface area contributed by atoms with Crippen molar-refractivity contribution in [3.63, 3.8) is 0 Å². The maximum absolute atomic E-state index is 11.6. The predicted molar refractivity (Wildman–Crippen MR) is 57.2 cm³/mol. The first-order valence-electron chi connectivity index (χ1n) is 5.25. The van der Waals surface area contributed by atoms with E-state index in [0.29, 0.717) is 0 Å². The van der Waals surface area contributed by atoms with Gasteiger partial charge in [-0.2, -0.15) is 0 Å². The van der Waals surface area contributed by atoms with Gasteiger partial charge in [0.15, 0.2) is 0 Å². The molecule has 0 aromatic rings. The smallest absolute Gasteiger partial charge is 0.226 e. The third kappa shape index (κ3) is 3.27. The van der Waals surface area contributed by atoms with Gasteiger partial charge >= 0.3 is 0 Å². The van der Waals surface area contributed by atoms with Crippen molar-refractivity contribution in [2.75, 3.05) is 46.8 Å². The maximum Gasteiger partial charge on any atom is 0.226 e. The van der Waals surface area contributed by atoms with E-state index in [1.54, 1.807) is 4.90 Å². The zero-order valence-corrected chi connectivity index (χ0v) is 9.42. The van der Waals surface area contributed by atoms with E-state index in [1.165, 1.54) is 0 Å². The highest BCUT2D eigenvalue weighted by atomic mass is 16.2. The summed E-state index contributed by atoms with van der Waals surface area (Å²) >= 11 is 0. The summed E-state index contributed by atoms with van der Waals surface area (Å²) in [7, 11) is 3.63. The summed E-state index contributed by atoms with van der Waals surface area (Å²) < 4.78 is 0. The molecular weight excluding hydrogens is 178 g/mol. The van der Waals surface area contributed by atoms with E-state index in [1.807, 2.05) is 21.0 Å². The summed E-state index contributed by atoms with van der Waals surface area (Å²) in [6.45, 7) is 7.10. The second-order valence-corrected chi connectivity index (χ2v) is 4.18. The zero-order chi connectivity index (χ0) is 10.6. The minimum Gasteiger partial charge on any atom is -0.349 e. The highest BCUT2D eigenvalue weighted by Gasteiger charge is 2.19. The molecule has 0 aromatic heterocycles. The third-order valence-electron chi connectivity index (χ3n) is 2.60. The van der Waals surface area contributed by atoms with Crippen LogP contribution < -0.4 is 5.32 Å². The molecule has 0 aromatic carbocycles. The lowest BCUT2D eigenvalue weighted by atomic mass is 10.1. The van der Waals surface area contributed by atoms with Gasteiger partial charge in [0.2, 0.25) is 5.91 Å². The maximum atomic E-state index is 11.6. The topological polar surface area (TPSA) is 35.6 Å². The molecule has 82 valence electrons. The van der Waals surface area contributed by atoms with Crippen LogP contribution >= 0.6 is 0 Å². The second kappa shape index (κ2) is 5.32. The lowest BCUT2D eigenvalue weighted by molar-refractivity contribution is -0.133. The number of carbonyl (C=O) groups is 1. The first-order valence-corrected chi connectivity index (χ1v) is 5.25. The van der Waals surface area contributed by atoms with Crippen LogP contribution in [0.1, 0.15) is 6.92 Å². The number of hydrogen-bond acceptors (Lipinski definition) is 3. The van der Waals surface area contributed by atoms with Crippen molar-refractivity contribution >= 4 is 5.91 Å². The molecule has 1 amide bonds. The van der Waals surface area contributed by atoms with E-state index < -0.39 is 0 Å². The number of nitrogens with one attached hydrogen (secondary N) is 1. The highest BCUT2D eigenvalue weighted by Crippen LogP contribution is 2.03. The minimum atomic E-state index is 0.114. The van der Waals surface area contributed by atoms with E-state index in [0.717, 1.165) is 32.7 Å². The Morgan fingerprint density at radius 3 is 2.50 bits per heavy atom. The molecule has 0 bridgehead atoms. The van der Waals surface area contributed by atoms with Gasteiger partial charge in [0.05, 0.1) is 0 Å². The number of amides is 1. The van der Waals surface area contributed by atoms with Gasteiger partial charge in [-0.3, -0.25) is 4.79 Å². The Hall–Kier alpha value is -0.610. The fourth-order valence-electron chi connectivity index (χ4n) is 1.80. The number of carbonyl (C=O) groups excluding carboxylic acids is 1. The molecule has 4 heteroatoms. The van der Waals surface area contributed by atoms with Gasteiger partial charge in [-0.25, -0.2) is 0 Å². The summed E-state index contributed by atoms with van der Waals surface area (Å²) in [6, 6.07) is 0. The molecule has 1 rings (SSSR count). The number of rotatable bonds is 3. The van der Waals surface area contributed by atoms with E-state index in [2.05, 4.69) is 10.2 Å². The lowest BCUT2D eigenvalue weighted by Gasteiger charge is -2.30. The molecule has 1 unspecified atom stereocenters. The Bertz CT molecular complexity index is 188. The number of hydrogen-bond donors (Lipinski definition) is 1. The Morgan fingerprint density at radius 2 is 2.00 bits per heavy atom. The van der Waals surface area contributed by atoms with Gasteiger partial charge in [0.1, 0.15) is 0 Å². The largest absolute Gasteiger partial charge is 0.349 e. The Morgan fingerprint density at radius 1 is 1.43 bits per heavy atom. The van der Waals surface area contributed by atoms with Crippen LogP contribution in [-0.2, 0) is 4.79 Å². The van der Waals surface area contributed by atoms with Crippen molar-refractivity contribution in [3.05, 3.63) is 0 Å². The van der Waals surface area contributed by atoms with E-state index in [-0.39, 0.29) is 11.8 Å². The minimum absolute atomic E-state index is 0.114. The SMILES string of the molecule is CC(CN1CCNCC1)C(=O)N(C)C. The molecule has 0 aliphatic carbocycles. The molecule has 14 heavy (non-hydrogen) atoms. The quantitative estimate of drug-likeness (QED) is 0.673. The average molecular weight is 199 g/mol. The Labute approximate surface area is 86.2 Å². The summed E-state index contributed by atoms with van der Waals surface area (Å²) in [5.41, 5.74) is 0. The third-order valence-corrected chi connectivity index (χ3v) is 2.60. The molecule has 1 aliphatic heterocycles. The summed E-state index contributed by atoms with van der Waals surface area (Å²) in [5.74, 6) is 0.339. The van der Waals surface area contributed by atoms with Crippen LogP contribution in [0.5, 0.6) is 0 Å². The van der Waals surface area contributed by atoms with Crippen LogP contribution in [0, 0.1) is 5.92 Å². The fourth-order valence-corrected chi connectivity index (χ4v) is 1.80. The van der Waals surface area contributed by atoms with Crippen molar-refractivity contribution in [3.8, 4) is 0 Å². The lowest BCUT2D eigenvalue weighted by Crippen LogP contribution is -2.46. The Kier molecular flexibility index (Phi) is 4.35. The molecule has 4 nitrogen and oxygen atoms in total. The van der Waals surface area contributed by atoms with Gasteiger partial charge in [-0.1, -0.05) is 6.92 Å². The Balaban J connectivity index is 2.31. The highest BCUT2D eigenvalue weighted by molar-refractivity contribution is 5.78. The van der Waals surface area contributed by atoms with Crippen molar-refractivity contribution in [1.29, 1.82) is 0 Å². The molecule has 1 fully saturated rings. The van der Waals surface area contributed by atoms with Crippen LogP contribution in [0.2, 0.25) is 0 Å². The van der Waals surface area contributed by atoms with Crippen LogP contribution in [-0.4, -0.2) is 62.5 Å². The van der Waals surface area contributed by atoms with E-state index >= 15 is 0 Å². The predicted octanol–water partition coefficient (Wildman–Crippen LogP) is -0.384. The monoisotopic (exact) mass is 199 g/mol. The van der Waals surface area contributed by atoms with Crippen LogP contribution in [0.3, 0.4) is 0 Å². The molecular formula is C10H21N3O. The first kappa shape index (κ1) is 11.5. The zero-order valence-electron chi connectivity index (χ0n) is 9.42. The number of nitrogens with zero attached hydrogens (tertiary/aromatic N) is 2.